The van der Waals surface area contributed by atoms with Crippen LogP contribution in [0.2, 0.25) is 0 Å². The van der Waals surface area contributed by atoms with E-state index in [9.17, 15) is 0 Å². The van der Waals surface area contributed by atoms with E-state index in [2.05, 4.69) is 14.6 Å². The van der Waals surface area contributed by atoms with Gasteiger partial charge in [-0.3, -0.25) is 9.58 Å². The van der Waals surface area contributed by atoms with Gasteiger partial charge in [0.2, 0.25) is 0 Å². The highest BCUT2D eigenvalue weighted by Gasteiger charge is 2.31. The van der Waals surface area contributed by atoms with Gasteiger partial charge in [0.25, 0.3) is 0 Å². The molecular weight excluding hydrogens is 292 g/mol. The van der Waals surface area contributed by atoms with Gasteiger partial charge in [0.15, 0.2) is 6.39 Å². The molecule has 6 nitrogen and oxygen atoms in total. The van der Waals surface area contributed by atoms with Crippen molar-refractivity contribution >= 4 is 0 Å². The van der Waals surface area contributed by atoms with Crippen molar-refractivity contribution in [3.05, 3.63) is 23.9 Å². The fraction of sp³-hybridized carbons (Fsp3) is 0.647. The first-order valence-corrected chi connectivity index (χ1v) is 8.57. The summed E-state index contributed by atoms with van der Waals surface area (Å²) < 4.78 is 12.5. The maximum atomic E-state index is 5.23. The van der Waals surface area contributed by atoms with E-state index in [4.69, 9.17) is 14.3 Å². The summed E-state index contributed by atoms with van der Waals surface area (Å²) >= 11 is 0. The minimum absolute atomic E-state index is 0.679. The van der Waals surface area contributed by atoms with Crippen LogP contribution in [0.3, 0.4) is 0 Å². The smallest absolute Gasteiger partial charge is 0.181 e. The molecule has 0 radical (unpaired) electrons. The number of fused-ring (bicyclic) bond motifs is 1. The molecular formula is C17H24N4O2. The number of hydrogen-bond acceptors (Lipinski definition) is 5. The number of ether oxygens (including phenoxy) is 1. The minimum Gasteiger partial charge on any atom is -0.451 e. The predicted octanol–water partition coefficient (Wildman–Crippen LogP) is 2.49. The number of hydrogen-bond donors (Lipinski definition) is 0. The molecule has 0 N–H and O–H groups in total. The zero-order valence-corrected chi connectivity index (χ0v) is 13.7. The Balaban J connectivity index is 1.66. The van der Waals surface area contributed by atoms with Crippen LogP contribution < -0.4 is 0 Å². The molecule has 1 saturated carbocycles. The van der Waals surface area contributed by atoms with Gasteiger partial charge in [0.05, 0.1) is 13.2 Å². The van der Waals surface area contributed by atoms with Gasteiger partial charge in [-0.2, -0.15) is 5.10 Å². The Morgan fingerprint density at radius 2 is 2.22 bits per heavy atom. The predicted molar refractivity (Wildman–Crippen MR) is 86.0 cm³/mol. The number of rotatable bonds is 5. The summed E-state index contributed by atoms with van der Waals surface area (Å²) in [6, 6.07) is 0.746. The lowest BCUT2D eigenvalue weighted by Crippen LogP contribution is -2.38. The lowest BCUT2D eigenvalue weighted by molar-refractivity contribution is 0.170. The van der Waals surface area contributed by atoms with E-state index in [0.29, 0.717) is 6.61 Å². The molecule has 124 valence electrons. The molecule has 1 aliphatic carbocycles. The average Bonchev–Trinajstić information content (AvgIpc) is 3.31. The molecule has 1 fully saturated rings. The van der Waals surface area contributed by atoms with Gasteiger partial charge in [-0.15, -0.1) is 0 Å². The van der Waals surface area contributed by atoms with Crippen LogP contribution in [0.25, 0.3) is 11.4 Å². The summed E-state index contributed by atoms with van der Waals surface area (Å²) in [5.74, 6) is 0. The van der Waals surface area contributed by atoms with Crippen LogP contribution in [-0.2, 0) is 24.2 Å². The molecule has 0 unspecified atom stereocenters. The summed E-state index contributed by atoms with van der Waals surface area (Å²) in [6.45, 7) is 3.59. The van der Waals surface area contributed by atoms with Gasteiger partial charge in [-0.1, -0.05) is 12.8 Å². The van der Waals surface area contributed by atoms with Gasteiger partial charge in [-0.25, -0.2) is 4.98 Å². The quantitative estimate of drug-likeness (QED) is 0.848. The van der Waals surface area contributed by atoms with Crippen LogP contribution in [0, 0.1) is 0 Å². The van der Waals surface area contributed by atoms with E-state index in [1.54, 1.807) is 13.4 Å². The zero-order chi connectivity index (χ0) is 15.6. The first-order chi connectivity index (χ1) is 11.4. The second-order valence-electron chi connectivity index (χ2n) is 6.52. The van der Waals surface area contributed by atoms with Crippen LogP contribution >= 0.6 is 0 Å². The van der Waals surface area contributed by atoms with Crippen molar-refractivity contribution in [2.24, 2.45) is 0 Å². The highest BCUT2D eigenvalue weighted by molar-refractivity contribution is 5.59. The molecule has 4 rings (SSSR count). The Morgan fingerprint density at radius 1 is 1.35 bits per heavy atom. The van der Waals surface area contributed by atoms with Gasteiger partial charge < -0.3 is 9.15 Å². The molecule has 0 bridgehead atoms. The molecule has 0 saturated heterocycles. The van der Waals surface area contributed by atoms with E-state index >= 15 is 0 Å². The summed E-state index contributed by atoms with van der Waals surface area (Å²) in [5.41, 5.74) is 4.49. The molecule has 3 heterocycles. The van der Waals surface area contributed by atoms with Crippen molar-refractivity contribution in [1.29, 1.82) is 0 Å². The van der Waals surface area contributed by atoms with Crippen LogP contribution in [0.15, 0.2) is 17.1 Å². The first kappa shape index (κ1) is 14.9. The third kappa shape index (κ3) is 2.81. The third-order valence-corrected chi connectivity index (χ3v) is 5.19. The molecule has 0 spiro atoms. The van der Waals surface area contributed by atoms with Crippen molar-refractivity contribution in [1.82, 2.24) is 19.7 Å². The van der Waals surface area contributed by atoms with Gasteiger partial charge >= 0.3 is 0 Å². The highest BCUT2D eigenvalue weighted by Crippen LogP contribution is 2.33. The van der Waals surface area contributed by atoms with Crippen LogP contribution in [-0.4, -0.2) is 46.0 Å². The van der Waals surface area contributed by atoms with Crippen molar-refractivity contribution in [2.45, 2.75) is 51.2 Å². The van der Waals surface area contributed by atoms with Crippen LogP contribution in [0.4, 0.5) is 0 Å². The number of methoxy groups -OCH3 is 1. The Hall–Kier alpha value is -1.66. The Bertz CT molecular complexity index is 644. The molecule has 2 aromatic heterocycles. The monoisotopic (exact) mass is 316 g/mol. The first-order valence-electron chi connectivity index (χ1n) is 8.57. The van der Waals surface area contributed by atoms with Crippen molar-refractivity contribution < 1.29 is 9.15 Å². The lowest BCUT2D eigenvalue weighted by atomic mass is 10.0. The molecule has 0 amide bonds. The summed E-state index contributed by atoms with van der Waals surface area (Å²) in [6.07, 6.45) is 9.65. The SMILES string of the molecule is COCCn1nc(-c2cocn2)c2c1CCN(C1CCCC1)C2. The molecule has 1 aliphatic heterocycles. The molecule has 0 atom stereocenters. The second kappa shape index (κ2) is 6.45. The van der Waals surface area contributed by atoms with Gasteiger partial charge in [-0.05, 0) is 12.8 Å². The maximum Gasteiger partial charge on any atom is 0.181 e. The Morgan fingerprint density at radius 3 is 2.96 bits per heavy atom. The van der Waals surface area contributed by atoms with Crippen LogP contribution in [0.5, 0.6) is 0 Å². The number of nitrogens with zero attached hydrogens (tertiary/aromatic N) is 4. The summed E-state index contributed by atoms with van der Waals surface area (Å²) in [7, 11) is 1.73. The standard InChI is InChI=1S/C17H24N4O2/c1-22-9-8-21-16-6-7-20(13-4-2-3-5-13)10-14(16)17(19-21)15-11-23-12-18-15/h11-13H,2-10H2,1H3. The number of aromatic nitrogens is 3. The van der Waals surface area contributed by atoms with Gasteiger partial charge in [0.1, 0.15) is 17.7 Å². The molecule has 6 heteroatoms. The average molecular weight is 316 g/mol. The summed E-state index contributed by atoms with van der Waals surface area (Å²) in [5, 5.41) is 4.82. The number of oxazole rings is 1. The molecule has 0 aromatic carbocycles. The molecule has 23 heavy (non-hydrogen) atoms. The van der Waals surface area contributed by atoms with Crippen molar-refractivity contribution in [2.75, 3.05) is 20.3 Å². The summed E-state index contributed by atoms with van der Waals surface area (Å²) in [4.78, 5) is 6.96. The second-order valence-corrected chi connectivity index (χ2v) is 6.52. The fourth-order valence-corrected chi connectivity index (χ4v) is 3.99. The molecule has 2 aliphatic rings. The normalized spacial score (nSPS) is 19.3. The fourth-order valence-electron chi connectivity index (χ4n) is 3.99. The van der Waals surface area contributed by atoms with Crippen LogP contribution in [0.1, 0.15) is 36.9 Å². The largest absolute Gasteiger partial charge is 0.451 e. The van der Waals surface area contributed by atoms with Crippen molar-refractivity contribution in [3.63, 3.8) is 0 Å². The highest BCUT2D eigenvalue weighted by atomic mass is 16.5. The van der Waals surface area contributed by atoms with E-state index in [1.807, 2.05) is 0 Å². The van der Waals surface area contributed by atoms with E-state index < -0.39 is 0 Å². The van der Waals surface area contributed by atoms with E-state index in [1.165, 1.54) is 43.3 Å². The molecule has 2 aromatic rings. The Labute approximate surface area is 136 Å². The topological polar surface area (TPSA) is 56.3 Å². The Kier molecular flexibility index (Phi) is 4.18. The maximum absolute atomic E-state index is 5.23. The lowest BCUT2D eigenvalue weighted by Gasteiger charge is -2.32. The van der Waals surface area contributed by atoms with Gasteiger partial charge in [0, 0.05) is 43.9 Å². The van der Waals surface area contributed by atoms with E-state index in [-0.39, 0.29) is 0 Å². The zero-order valence-electron chi connectivity index (χ0n) is 13.7. The van der Waals surface area contributed by atoms with E-state index in [0.717, 1.165) is 43.5 Å². The third-order valence-electron chi connectivity index (χ3n) is 5.19. The van der Waals surface area contributed by atoms with Crippen molar-refractivity contribution in [3.8, 4) is 11.4 Å². The minimum atomic E-state index is 0.679.